The van der Waals surface area contributed by atoms with Crippen LogP contribution in [0, 0.1) is 0 Å². The fourth-order valence-electron chi connectivity index (χ4n) is 4.00. The lowest BCUT2D eigenvalue weighted by molar-refractivity contribution is 0.0857. The lowest BCUT2D eigenvalue weighted by atomic mass is 10.0. The summed E-state index contributed by atoms with van der Waals surface area (Å²) in [4.78, 5) is 12.6. The van der Waals surface area contributed by atoms with E-state index in [0.29, 0.717) is 25.4 Å². The van der Waals surface area contributed by atoms with Crippen molar-refractivity contribution in [1.29, 1.82) is 0 Å². The van der Waals surface area contributed by atoms with Gasteiger partial charge in [0.15, 0.2) is 0 Å². The van der Waals surface area contributed by atoms with Crippen LogP contribution in [-0.4, -0.2) is 47.2 Å². The third-order valence-electron chi connectivity index (χ3n) is 5.58. The Kier molecular flexibility index (Phi) is 5.97. The number of aryl methyl sites for hydroxylation is 1. The molecule has 1 amide bonds. The number of para-hydroxylation sites is 1. The molecule has 0 aliphatic carbocycles. The Hall–Kier alpha value is -2.58. The molecule has 0 bridgehead atoms. The third kappa shape index (κ3) is 4.02. The van der Waals surface area contributed by atoms with E-state index in [-0.39, 0.29) is 28.2 Å². The molecule has 2 aromatic rings. The molecular formula is C22H26N2O5S. The molecule has 0 saturated carbocycles. The molecule has 0 aromatic heterocycles. The number of benzene rings is 2. The van der Waals surface area contributed by atoms with Crippen LogP contribution in [0.3, 0.4) is 0 Å². The maximum Gasteiger partial charge on any atom is 0.268 e. The Balaban J connectivity index is 1.64. The van der Waals surface area contributed by atoms with Gasteiger partial charge in [0.1, 0.15) is 10.6 Å². The summed E-state index contributed by atoms with van der Waals surface area (Å²) < 4.78 is 39.4. The fraction of sp³-hybridized carbons (Fsp3) is 0.409. The molecule has 2 aromatic carbocycles. The lowest BCUT2D eigenvalue weighted by Crippen LogP contribution is -2.36. The average Bonchev–Trinajstić information content (AvgIpc) is 3.30. The number of hydrogen-bond donors (Lipinski definition) is 1. The molecule has 1 fully saturated rings. The number of sulfonamides is 1. The van der Waals surface area contributed by atoms with Crippen LogP contribution in [-0.2, 0) is 21.2 Å². The van der Waals surface area contributed by atoms with Crippen molar-refractivity contribution in [3.8, 4) is 5.75 Å². The quantitative estimate of drug-likeness (QED) is 0.762. The monoisotopic (exact) mass is 430 g/mol. The molecule has 7 nitrogen and oxygen atoms in total. The second-order valence-corrected chi connectivity index (χ2v) is 9.35. The van der Waals surface area contributed by atoms with Gasteiger partial charge in [-0.1, -0.05) is 18.2 Å². The van der Waals surface area contributed by atoms with E-state index in [2.05, 4.69) is 5.32 Å². The number of rotatable bonds is 6. The van der Waals surface area contributed by atoms with Crippen molar-refractivity contribution in [3.63, 3.8) is 0 Å². The number of carbonyl (C=O) groups excluding carboxylic acids is 1. The fourth-order valence-corrected chi connectivity index (χ4v) is 5.73. The van der Waals surface area contributed by atoms with Gasteiger partial charge in [-0.15, -0.1) is 0 Å². The van der Waals surface area contributed by atoms with E-state index in [0.717, 1.165) is 31.2 Å². The predicted molar refractivity (Wildman–Crippen MR) is 114 cm³/mol. The largest absolute Gasteiger partial charge is 0.495 e. The molecule has 2 aliphatic rings. The zero-order valence-electron chi connectivity index (χ0n) is 17.0. The molecule has 8 heteroatoms. The van der Waals surface area contributed by atoms with Crippen molar-refractivity contribution >= 4 is 21.6 Å². The van der Waals surface area contributed by atoms with E-state index in [1.165, 1.54) is 23.5 Å². The highest BCUT2D eigenvalue weighted by Crippen LogP contribution is 2.35. The number of anilines is 1. The molecule has 1 saturated heterocycles. The first-order valence-corrected chi connectivity index (χ1v) is 11.6. The minimum atomic E-state index is -3.90. The summed E-state index contributed by atoms with van der Waals surface area (Å²) in [6.07, 6.45) is 3.49. The van der Waals surface area contributed by atoms with Crippen LogP contribution >= 0.6 is 0 Å². The Morgan fingerprint density at radius 3 is 2.83 bits per heavy atom. The van der Waals surface area contributed by atoms with Gasteiger partial charge in [-0.2, -0.15) is 0 Å². The van der Waals surface area contributed by atoms with Crippen LogP contribution in [0.15, 0.2) is 47.4 Å². The minimum absolute atomic E-state index is 0.00790. The van der Waals surface area contributed by atoms with Crippen LogP contribution in [0.2, 0.25) is 0 Å². The normalized spacial score (nSPS) is 18.7. The van der Waals surface area contributed by atoms with Gasteiger partial charge in [0.05, 0.1) is 18.9 Å². The van der Waals surface area contributed by atoms with E-state index < -0.39 is 10.0 Å². The highest BCUT2D eigenvalue weighted by molar-refractivity contribution is 7.93. The topological polar surface area (TPSA) is 84.9 Å². The molecule has 30 heavy (non-hydrogen) atoms. The maximum atomic E-state index is 13.6. The van der Waals surface area contributed by atoms with Crippen LogP contribution in [0.1, 0.15) is 35.2 Å². The van der Waals surface area contributed by atoms with Gasteiger partial charge in [0, 0.05) is 25.3 Å². The first kappa shape index (κ1) is 20.7. The molecule has 1 N–H and O–H groups in total. The van der Waals surface area contributed by atoms with Crippen molar-refractivity contribution in [2.24, 2.45) is 0 Å². The zero-order chi connectivity index (χ0) is 21.1. The summed E-state index contributed by atoms with van der Waals surface area (Å²) in [6.45, 7) is 1.51. The van der Waals surface area contributed by atoms with Gasteiger partial charge in [-0.25, -0.2) is 8.42 Å². The highest BCUT2D eigenvalue weighted by atomic mass is 32.2. The first-order chi connectivity index (χ1) is 14.5. The van der Waals surface area contributed by atoms with Crippen molar-refractivity contribution < 1.29 is 22.7 Å². The number of ether oxygens (including phenoxy) is 2. The number of methoxy groups -OCH3 is 1. The number of amides is 1. The summed E-state index contributed by atoms with van der Waals surface area (Å²) in [7, 11) is -2.47. The van der Waals surface area contributed by atoms with Gasteiger partial charge >= 0.3 is 0 Å². The lowest BCUT2D eigenvalue weighted by Gasteiger charge is -2.31. The molecular weight excluding hydrogens is 404 g/mol. The second kappa shape index (κ2) is 8.65. The molecule has 0 radical (unpaired) electrons. The van der Waals surface area contributed by atoms with E-state index in [9.17, 15) is 13.2 Å². The third-order valence-corrected chi connectivity index (χ3v) is 7.41. The zero-order valence-corrected chi connectivity index (χ0v) is 17.8. The summed E-state index contributed by atoms with van der Waals surface area (Å²) >= 11 is 0. The molecule has 2 aliphatic heterocycles. The second-order valence-electron chi connectivity index (χ2n) is 7.52. The predicted octanol–water partition coefficient (Wildman–Crippen LogP) is 2.75. The van der Waals surface area contributed by atoms with Gasteiger partial charge in [-0.3, -0.25) is 9.10 Å². The average molecular weight is 431 g/mol. The number of carbonyl (C=O) groups is 1. The van der Waals surface area contributed by atoms with E-state index in [1.54, 1.807) is 6.07 Å². The molecule has 1 atom stereocenters. The van der Waals surface area contributed by atoms with Gasteiger partial charge in [0.25, 0.3) is 15.9 Å². The van der Waals surface area contributed by atoms with E-state index in [4.69, 9.17) is 9.47 Å². The number of nitrogens with one attached hydrogen (secondary N) is 1. The number of fused-ring (bicyclic) bond motifs is 1. The molecule has 0 unspecified atom stereocenters. The van der Waals surface area contributed by atoms with Crippen molar-refractivity contribution in [2.45, 2.75) is 36.7 Å². The van der Waals surface area contributed by atoms with Crippen LogP contribution in [0.5, 0.6) is 5.75 Å². The SMILES string of the molecule is COc1ccc(C(=O)NC[C@@H]2CCCO2)cc1S(=O)(=O)N1CCCc2ccccc21. The van der Waals surface area contributed by atoms with E-state index >= 15 is 0 Å². The van der Waals surface area contributed by atoms with Gasteiger partial charge in [-0.05, 0) is 55.5 Å². The Labute approximate surface area is 177 Å². The van der Waals surface area contributed by atoms with E-state index in [1.807, 2.05) is 24.3 Å². The molecule has 4 rings (SSSR count). The van der Waals surface area contributed by atoms with Gasteiger partial charge < -0.3 is 14.8 Å². The summed E-state index contributed by atoms with van der Waals surface area (Å²) in [6, 6.07) is 12.0. The number of nitrogens with zero attached hydrogens (tertiary/aromatic N) is 1. The molecule has 2 heterocycles. The van der Waals surface area contributed by atoms with Crippen molar-refractivity contribution in [3.05, 3.63) is 53.6 Å². The number of hydrogen-bond acceptors (Lipinski definition) is 5. The molecule has 0 spiro atoms. The summed E-state index contributed by atoms with van der Waals surface area (Å²) in [5.41, 5.74) is 1.95. The summed E-state index contributed by atoms with van der Waals surface area (Å²) in [5, 5.41) is 2.84. The maximum absolute atomic E-state index is 13.6. The minimum Gasteiger partial charge on any atom is -0.495 e. The Bertz CT molecular complexity index is 1030. The smallest absolute Gasteiger partial charge is 0.268 e. The summed E-state index contributed by atoms with van der Waals surface area (Å²) in [5.74, 6) is -0.114. The highest BCUT2D eigenvalue weighted by Gasteiger charge is 2.32. The van der Waals surface area contributed by atoms with Gasteiger partial charge in [0.2, 0.25) is 0 Å². The van der Waals surface area contributed by atoms with Crippen LogP contribution < -0.4 is 14.4 Å². The molecule has 160 valence electrons. The Morgan fingerprint density at radius 2 is 2.07 bits per heavy atom. The standard InChI is InChI=1S/C22H26N2O5S/c1-28-20-11-10-17(22(25)23-15-18-8-5-13-29-18)14-21(20)30(26,27)24-12-4-7-16-6-2-3-9-19(16)24/h2-3,6,9-11,14,18H,4-5,7-8,12-13,15H2,1H3,(H,23,25)/t18-/m0/s1. The van der Waals surface area contributed by atoms with Crippen molar-refractivity contribution in [2.75, 3.05) is 31.1 Å². The van der Waals surface area contributed by atoms with Crippen LogP contribution in [0.25, 0.3) is 0 Å². The Morgan fingerprint density at radius 1 is 1.23 bits per heavy atom. The first-order valence-electron chi connectivity index (χ1n) is 10.2. The van der Waals surface area contributed by atoms with Crippen molar-refractivity contribution in [1.82, 2.24) is 5.32 Å². The van der Waals surface area contributed by atoms with Crippen LogP contribution in [0.4, 0.5) is 5.69 Å².